The zero-order valence-electron chi connectivity index (χ0n) is 18.4. The molecule has 3 rings (SSSR count). The molecule has 1 aliphatic rings. The number of benzene rings is 2. The van der Waals surface area contributed by atoms with Crippen molar-refractivity contribution >= 4 is 11.8 Å². The Morgan fingerprint density at radius 3 is 2.32 bits per heavy atom. The quantitative estimate of drug-likeness (QED) is 0.615. The van der Waals surface area contributed by atoms with Gasteiger partial charge in [0.25, 0.3) is 0 Å². The zero-order chi connectivity index (χ0) is 22.1. The molecule has 0 bridgehead atoms. The molecule has 2 amide bonds. The summed E-state index contributed by atoms with van der Waals surface area (Å²) in [6.45, 7) is 2.25. The van der Waals surface area contributed by atoms with Gasteiger partial charge in [-0.2, -0.15) is 0 Å². The first-order valence-corrected chi connectivity index (χ1v) is 11.4. The van der Waals surface area contributed by atoms with E-state index in [0.29, 0.717) is 19.3 Å². The van der Waals surface area contributed by atoms with E-state index in [9.17, 15) is 14.0 Å². The number of amides is 2. The van der Waals surface area contributed by atoms with E-state index in [1.165, 1.54) is 18.6 Å². The highest BCUT2D eigenvalue weighted by molar-refractivity contribution is 5.88. The molecule has 0 heterocycles. The molecule has 5 heteroatoms. The van der Waals surface area contributed by atoms with Crippen molar-refractivity contribution in [1.82, 2.24) is 10.2 Å². The lowest BCUT2D eigenvalue weighted by Crippen LogP contribution is -2.52. The Morgan fingerprint density at radius 1 is 1.00 bits per heavy atom. The summed E-state index contributed by atoms with van der Waals surface area (Å²) in [4.78, 5) is 28.2. The minimum absolute atomic E-state index is 0.0495. The van der Waals surface area contributed by atoms with Crippen LogP contribution in [-0.4, -0.2) is 28.8 Å². The van der Waals surface area contributed by atoms with Crippen molar-refractivity contribution in [2.24, 2.45) is 0 Å². The van der Waals surface area contributed by atoms with Gasteiger partial charge >= 0.3 is 0 Å². The van der Waals surface area contributed by atoms with Crippen molar-refractivity contribution in [3.05, 3.63) is 71.5 Å². The maximum absolute atomic E-state index is 13.4. The summed E-state index contributed by atoms with van der Waals surface area (Å²) >= 11 is 0. The van der Waals surface area contributed by atoms with Crippen LogP contribution in [0.15, 0.2) is 54.6 Å². The van der Waals surface area contributed by atoms with Crippen LogP contribution in [0.5, 0.6) is 0 Å². The molecule has 1 unspecified atom stereocenters. The van der Waals surface area contributed by atoms with E-state index in [0.717, 1.165) is 36.8 Å². The topological polar surface area (TPSA) is 49.4 Å². The minimum atomic E-state index is -0.603. The molecular formula is C26H33FN2O2. The van der Waals surface area contributed by atoms with Crippen LogP contribution in [-0.2, 0) is 22.6 Å². The van der Waals surface area contributed by atoms with Crippen molar-refractivity contribution in [1.29, 1.82) is 0 Å². The Hall–Kier alpha value is -2.69. The van der Waals surface area contributed by atoms with E-state index in [-0.39, 0.29) is 30.2 Å². The van der Waals surface area contributed by atoms with Gasteiger partial charge in [-0.1, -0.05) is 68.7 Å². The van der Waals surface area contributed by atoms with Crippen LogP contribution in [0.1, 0.15) is 63.0 Å². The highest BCUT2D eigenvalue weighted by atomic mass is 19.1. The Labute approximate surface area is 184 Å². The van der Waals surface area contributed by atoms with E-state index in [1.807, 2.05) is 37.3 Å². The van der Waals surface area contributed by atoms with Gasteiger partial charge in [-0.3, -0.25) is 9.59 Å². The molecule has 1 aliphatic carbocycles. The molecule has 0 aliphatic heterocycles. The van der Waals surface area contributed by atoms with Gasteiger partial charge in [0.05, 0.1) is 0 Å². The summed E-state index contributed by atoms with van der Waals surface area (Å²) in [6.07, 6.45) is 6.99. The first kappa shape index (κ1) is 23.0. The number of carbonyl (C=O) groups excluding carboxylic acids is 2. The molecule has 0 spiro atoms. The van der Waals surface area contributed by atoms with Crippen LogP contribution in [0, 0.1) is 5.82 Å². The Morgan fingerprint density at radius 2 is 1.68 bits per heavy atom. The fourth-order valence-corrected chi connectivity index (χ4v) is 4.24. The second-order valence-corrected chi connectivity index (χ2v) is 8.45. The van der Waals surface area contributed by atoms with Crippen LogP contribution in [0.2, 0.25) is 0 Å². The molecule has 4 nitrogen and oxygen atoms in total. The molecule has 0 aromatic heterocycles. The van der Waals surface area contributed by atoms with Gasteiger partial charge in [-0.15, -0.1) is 0 Å². The third-order valence-corrected chi connectivity index (χ3v) is 5.95. The van der Waals surface area contributed by atoms with Crippen LogP contribution in [0.3, 0.4) is 0 Å². The summed E-state index contributed by atoms with van der Waals surface area (Å²) in [5.74, 6) is -0.458. The third-order valence-electron chi connectivity index (χ3n) is 5.95. The van der Waals surface area contributed by atoms with Crippen LogP contribution in [0.25, 0.3) is 0 Å². The molecule has 1 fully saturated rings. The smallest absolute Gasteiger partial charge is 0.243 e. The Bertz CT molecular complexity index is 832. The molecule has 1 saturated carbocycles. The van der Waals surface area contributed by atoms with E-state index in [1.54, 1.807) is 17.0 Å². The first-order chi connectivity index (χ1) is 15.1. The SMILES string of the molecule is CCCC(=O)N(Cc1ccc(F)cc1)C(Cc1ccccc1)C(=O)NC1CCCCC1. The maximum atomic E-state index is 13.4. The predicted molar refractivity (Wildman–Crippen MR) is 121 cm³/mol. The number of nitrogens with one attached hydrogen (secondary N) is 1. The second-order valence-electron chi connectivity index (χ2n) is 8.45. The molecule has 0 saturated heterocycles. The summed E-state index contributed by atoms with van der Waals surface area (Å²) in [7, 11) is 0. The largest absolute Gasteiger partial charge is 0.352 e. The van der Waals surface area contributed by atoms with Gasteiger partial charge in [0.2, 0.25) is 11.8 Å². The zero-order valence-corrected chi connectivity index (χ0v) is 18.4. The number of hydrogen-bond donors (Lipinski definition) is 1. The number of halogens is 1. The molecule has 0 radical (unpaired) electrons. The summed E-state index contributed by atoms with van der Waals surface area (Å²) in [5, 5.41) is 3.22. The lowest BCUT2D eigenvalue weighted by atomic mass is 9.94. The van der Waals surface area contributed by atoms with Crippen molar-refractivity contribution in [2.45, 2.75) is 76.9 Å². The van der Waals surface area contributed by atoms with Crippen LogP contribution in [0.4, 0.5) is 4.39 Å². The van der Waals surface area contributed by atoms with Crippen LogP contribution >= 0.6 is 0 Å². The highest BCUT2D eigenvalue weighted by Crippen LogP contribution is 2.20. The van der Waals surface area contributed by atoms with Crippen molar-refractivity contribution in [3.63, 3.8) is 0 Å². The molecule has 1 atom stereocenters. The normalized spacial score (nSPS) is 15.3. The lowest BCUT2D eigenvalue weighted by molar-refractivity contribution is -0.141. The highest BCUT2D eigenvalue weighted by Gasteiger charge is 2.31. The molecule has 2 aromatic rings. The molecule has 31 heavy (non-hydrogen) atoms. The van der Waals surface area contributed by atoms with E-state index in [2.05, 4.69) is 5.32 Å². The van der Waals surface area contributed by atoms with Gasteiger partial charge in [0.1, 0.15) is 11.9 Å². The standard InChI is InChI=1S/C26H33FN2O2/c1-2-9-25(30)29(19-21-14-16-22(27)17-15-21)24(18-20-10-5-3-6-11-20)26(31)28-23-12-7-4-8-13-23/h3,5-6,10-11,14-17,23-24H,2,4,7-9,12-13,18-19H2,1H3,(H,28,31). The third kappa shape index (κ3) is 6.91. The number of nitrogens with zero attached hydrogens (tertiary/aromatic N) is 1. The molecule has 166 valence electrons. The predicted octanol–water partition coefficient (Wildman–Crippen LogP) is 5.01. The number of rotatable bonds is 9. The first-order valence-electron chi connectivity index (χ1n) is 11.4. The second kappa shape index (κ2) is 11.6. The lowest BCUT2D eigenvalue weighted by Gasteiger charge is -2.33. The van der Waals surface area contributed by atoms with Crippen molar-refractivity contribution < 1.29 is 14.0 Å². The van der Waals surface area contributed by atoms with Gasteiger partial charge in [0.15, 0.2) is 0 Å². The van der Waals surface area contributed by atoms with Gasteiger partial charge < -0.3 is 10.2 Å². The number of hydrogen-bond acceptors (Lipinski definition) is 2. The summed E-state index contributed by atoms with van der Waals surface area (Å²) in [5.41, 5.74) is 1.83. The fraction of sp³-hybridized carbons (Fsp3) is 0.462. The molecular weight excluding hydrogens is 391 g/mol. The fourth-order valence-electron chi connectivity index (χ4n) is 4.24. The van der Waals surface area contributed by atoms with Crippen molar-refractivity contribution in [2.75, 3.05) is 0 Å². The monoisotopic (exact) mass is 424 g/mol. The van der Waals surface area contributed by atoms with E-state index in [4.69, 9.17) is 0 Å². The molecule has 2 aromatic carbocycles. The van der Waals surface area contributed by atoms with Gasteiger partial charge in [-0.25, -0.2) is 4.39 Å². The maximum Gasteiger partial charge on any atom is 0.243 e. The average molecular weight is 425 g/mol. The Kier molecular flexibility index (Phi) is 8.63. The van der Waals surface area contributed by atoms with Crippen LogP contribution < -0.4 is 5.32 Å². The average Bonchev–Trinajstić information content (AvgIpc) is 2.79. The summed E-state index contributed by atoms with van der Waals surface area (Å²) < 4.78 is 13.4. The molecule has 1 N–H and O–H groups in total. The Balaban J connectivity index is 1.87. The van der Waals surface area contributed by atoms with Crippen molar-refractivity contribution in [3.8, 4) is 0 Å². The van der Waals surface area contributed by atoms with E-state index < -0.39 is 6.04 Å². The van der Waals surface area contributed by atoms with Gasteiger partial charge in [-0.05, 0) is 42.5 Å². The van der Waals surface area contributed by atoms with Gasteiger partial charge in [0, 0.05) is 25.4 Å². The minimum Gasteiger partial charge on any atom is -0.352 e. The van der Waals surface area contributed by atoms with E-state index >= 15 is 0 Å². The number of carbonyl (C=O) groups is 2. The summed E-state index contributed by atoms with van der Waals surface area (Å²) in [6, 6.07) is 15.5.